The first-order valence-electron chi connectivity index (χ1n) is 7.17. The number of carbonyl (C=O) groups excluding carboxylic acids is 1. The Kier molecular flexibility index (Phi) is 3.79. The van der Waals surface area contributed by atoms with Crippen LogP contribution < -0.4 is 10.9 Å². The summed E-state index contributed by atoms with van der Waals surface area (Å²) in [6.45, 7) is 6.98. The third-order valence-electron chi connectivity index (χ3n) is 3.81. The molecule has 2 N–H and O–H groups in total. The maximum atomic E-state index is 12.2. The molecule has 0 aliphatic heterocycles. The van der Waals surface area contributed by atoms with Gasteiger partial charge in [-0.05, 0) is 18.8 Å². The maximum Gasteiger partial charge on any atom is 0.471 e. The Morgan fingerprint density at radius 1 is 1.50 bits per heavy atom. The van der Waals surface area contributed by atoms with E-state index in [-0.39, 0.29) is 35.7 Å². The molecule has 1 aliphatic rings. The third-order valence-corrected chi connectivity index (χ3v) is 3.81. The molecule has 0 saturated heterocycles. The fraction of sp³-hybridized carbons (Fsp3) is 0.429. The van der Waals surface area contributed by atoms with Crippen LogP contribution in [-0.4, -0.2) is 33.2 Å². The van der Waals surface area contributed by atoms with Gasteiger partial charge in [-0.1, -0.05) is 0 Å². The van der Waals surface area contributed by atoms with Crippen LogP contribution in [-0.2, 0) is 11.3 Å². The smallest absolute Gasteiger partial charge is 0.348 e. The Morgan fingerprint density at radius 3 is 2.79 bits per heavy atom. The van der Waals surface area contributed by atoms with Gasteiger partial charge in [0.25, 0.3) is 5.56 Å². The highest BCUT2D eigenvalue weighted by Crippen LogP contribution is 2.47. The molecule has 7 nitrogen and oxygen atoms in total. The molecule has 0 radical (unpaired) electrons. The first kappa shape index (κ1) is 16.0. The number of rotatable bonds is 4. The van der Waals surface area contributed by atoms with E-state index in [1.54, 1.807) is 5.32 Å². The lowest BCUT2D eigenvalue weighted by atomic mass is 10.2. The van der Waals surface area contributed by atoms with Crippen molar-refractivity contribution in [2.24, 2.45) is 0 Å². The van der Waals surface area contributed by atoms with Crippen molar-refractivity contribution in [2.45, 2.75) is 31.5 Å². The molecule has 1 saturated carbocycles. The zero-order chi connectivity index (χ0) is 17.5. The summed E-state index contributed by atoms with van der Waals surface area (Å²) in [7, 11) is 0. The number of nitrogens with one attached hydrogen (secondary N) is 2. The van der Waals surface area contributed by atoms with Crippen LogP contribution in [0, 0.1) is 6.57 Å². The van der Waals surface area contributed by atoms with Gasteiger partial charge in [-0.3, -0.25) is 9.59 Å². The van der Waals surface area contributed by atoms with Crippen molar-refractivity contribution >= 4 is 22.6 Å². The number of aromatic nitrogens is 3. The van der Waals surface area contributed by atoms with Crippen molar-refractivity contribution in [1.29, 1.82) is 0 Å². The van der Waals surface area contributed by atoms with E-state index in [9.17, 15) is 22.8 Å². The Hall–Kier alpha value is -2.83. The van der Waals surface area contributed by atoms with Crippen LogP contribution in [0.5, 0.6) is 0 Å². The van der Waals surface area contributed by atoms with Crippen molar-refractivity contribution in [1.82, 2.24) is 19.9 Å². The zero-order valence-electron chi connectivity index (χ0n) is 12.3. The summed E-state index contributed by atoms with van der Waals surface area (Å²) in [5.74, 6) is -1.95. The molecule has 24 heavy (non-hydrogen) atoms. The molecule has 0 unspecified atom stereocenters. The number of H-pyrrole nitrogens is 1. The van der Waals surface area contributed by atoms with Crippen LogP contribution in [0.4, 0.5) is 18.9 Å². The molecule has 1 aliphatic carbocycles. The van der Waals surface area contributed by atoms with Crippen LogP contribution in [0.15, 0.2) is 11.1 Å². The Bertz CT molecular complexity index is 902. The van der Waals surface area contributed by atoms with Crippen LogP contribution in [0.25, 0.3) is 15.9 Å². The third kappa shape index (κ3) is 2.73. The molecule has 0 spiro atoms. The second-order valence-corrected chi connectivity index (χ2v) is 5.45. The normalized spacial score (nSPS) is 14.6. The van der Waals surface area contributed by atoms with Gasteiger partial charge in [-0.15, -0.1) is 0 Å². The van der Waals surface area contributed by atoms with Gasteiger partial charge in [0.15, 0.2) is 0 Å². The number of alkyl halides is 3. The number of fused-ring (bicyclic) bond motifs is 1. The number of aromatic amines is 1. The molecule has 1 fully saturated rings. The molecule has 0 atom stereocenters. The number of hydrogen-bond acceptors (Lipinski definition) is 3. The van der Waals surface area contributed by atoms with Gasteiger partial charge >= 0.3 is 12.1 Å². The predicted molar refractivity (Wildman–Crippen MR) is 77.7 cm³/mol. The summed E-state index contributed by atoms with van der Waals surface area (Å²) in [6, 6.07) is 0. The fourth-order valence-electron chi connectivity index (χ4n) is 2.68. The Balaban J connectivity index is 1.98. The highest BCUT2D eigenvalue weighted by molar-refractivity contribution is 5.92. The van der Waals surface area contributed by atoms with Gasteiger partial charge in [-0.25, -0.2) is 9.83 Å². The van der Waals surface area contributed by atoms with Gasteiger partial charge in [0.1, 0.15) is 11.0 Å². The minimum absolute atomic E-state index is 0.0472. The van der Waals surface area contributed by atoms with E-state index in [2.05, 4.69) is 14.8 Å². The summed E-state index contributed by atoms with van der Waals surface area (Å²) >= 11 is 0. The number of amides is 1. The minimum Gasteiger partial charge on any atom is -0.348 e. The van der Waals surface area contributed by atoms with Gasteiger partial charge in [0.05, 0.1) is 12.9 Å². The molecule has 3 rings (SSSR count). The topological polar surface area (TPSA) is 84.1 Å². The van der Waals surface area contributed by atoms with E-state index in [4.69, 9.17) is 6.57 Å². The second-order valence-electron chi connectivity index (χ2n) is 5.45. The molecule has 2 aromatic heterocycles. The minimum atomic E-state index is -4.96. The molecule has 0 aromatic carbocycles. The largest absolute Gasteiger partial charge is 0.471 e. The van der Waals surface area contributed by atoms with Gasteiger partial charge < -0.3 is 14.9 Å². The van der Waals surface area contributed by atoms with E-state index >= 15 is 0 Å². The SMILES string of the molecule is [C-]#[N+]c1c(C2CC2)n(CCNC(=O)C(F)(F)F)c2c(=O)[nH]cnc12. The zero-order valence-corrected chi connectivity index (χ0v) is 12.3. The Labute approximate surface area is 133 Å². The first-order valence-corrected chi connectivity index (χ1v) is 7.17. The molecule has 2 heterocycles. The monoisotopic (exact) mass is 339 g/mol. The van der Waals surface area contributed by atoms with E-state index in [0.29, 0.717) is 5.69 Å². The van der Waals surface area contributed by atoms with Crippen LogP contribution in [0.3, 0.4) is 0 Å². The average molecular weight is 339 g/mol. The molecule has 0 bridgehead atoms. The lowest BCUT2D eigenvalue weighted by Gasteiger charge is -2.12. The summed E-state index contributed by atoms with van der Waals surface area (Å²) in [5.41, 5.74) is 0.759. The maximum absolute atomic E-state index is 12.2. The molecule has 2 aromatic rings. The van der Waals surface area contributed by atoms with E-state index in [0.717, 1.165) is 12.8 Å². The Morgan fingerprint density at radius 2 is 2.21 bits per heavy atom. The van der Waals surface area contributed by atoms with E-state index in [1.807, 2.05) is 0 Å². The van der Waals surface area contributed by atoms with Crippen LogP contribution in [0.2, 0.25) is 0 Å². The van der Waals surface area contributed by atoms with Crippen molar-refractivity contribution in [2.75, 3.05) is 6.54 Å². The average Bonchev–Trinajstić information content (AvgIpc) is 3.29. The molecular weight excluding hydrogens is 327 g/mol. The van der Waals surface area contributed by atoms with Gasteiger partial charge in [-0.2, -0.15) is 13.2 Å². The van der Waals surface area contributed by atoms with E-state index < -0.39 is 17.6 Å². The number of halogens is 3. The first-order chi connectivity index (χ1) is 11.3. The lowest BCUT2D eigenvalue weighted by molar-refractivity contribution is -0.173. The standard InChI is InChI=1S/C14H12F3N5O2/c1-18-8-9-11(12(23)21-6-20-9)22(10(8)7-2-3-7)5-4-19-13(24)14(15,16)17/h6-7H,2-5H2,(H,19,24)(H,20,21,23). The summed E-state index contributed by atoms with van der Waals surface area (Å²) < 4.78 is 38.2. The van der Waals surface area contributed by atoms with Crippen molar-refractivity contribution < 1.29 is 18.0 Å². The number of hydrogen-bond donors (Lipinski definition) is 2. The highest BCUT2D eigenvalue weighted by atomic mass is 19.4. The highest BCUT2D eigenvalue weighted by Gasteiger charge is 2.38. The molecule has 10 heteroatoms. The van der Waals surface area contributed by atoms with Crippen LogP contribution >= 0.6 is 0 Å². The number of nitrogens with zero attached hydrogens (tertiary/aromatic N) is 3. The summed E-state index contributed by atoms with van der Waals surface area (Å²) in [4.78, 5) is 32.9. The van der Waals surface area contributed by atoms with Gasteiger partial charge in [0, 0.05) is 18.8 Å². The fourth-order valence-corrected chi connectivity index (χ4v) is 2.68. The summed E-state index contributed by atoms with van der Waals surface area (Å²) in [6.07, 6.45) is -2.10. The number of carbonyl (C=O) groups is 1. The van der Waals surface area contributed by atoms with Crippen molar-refractivity contribution in [3.8, 4) is 0 Å². The van der Waals surface area contributed by atoms with Crippen molar-refractivity contribution in [3.05, 3.63) is 33.8 Å². The van der Waals surface area contributed by atoms with Crippen molar-refractivity contribution in [3.63, 3.8) is 0 Å². The lowest BCUT2D eigenvalue weighted by Crippen LogP contribution is -2.38. The molecule has 126 valence electrons. The second kappa shape index (κ2) is 5.67. The summed E-state index contributed by atoms with van der Waals surface area (Å²) in [5, 5.41) is 1.77. The van der Waals surface area contributed by atoms with E-state index in [1.165, 1.54) is 10.9 Å². The predicted octanol–water partition coefficient (Wildman–Crippen LogP) is 1.83. The molecule has 1 amide bonds. The van der Waals surface area contributed by atoms with Crippen LogP contribution in [0.1, 0.15) is 24.5 Å². The quantitative estimate of drug-likeness (QED) is 0.834. The molecular formula is C14H12F3N5O2. The van der Waals surface area contributed by atoms with Gasteiger partial charge in [0.2, 0.25) is 5.69 Å².